The molecule has 156 valence electrons. The summed E-state index contributed by atoms with van der Waals surface area (Å²) in [6.45, 7) is 10.6. The zero-order valence-electron chi connectivity index (χ0n) is 17.3. The van der Waals surface area contributed by atoms with Crippen LogP contribution in [0.15, 0.2) is 23.1 Å². The van der Waals surface area contributed by atoms with Crippen molar-refractivity contribution in [3.05, 3.63) is 23.8 Å². The van der Waals surface area contributed by atoms with E-state index in [0.717, 1.165) is 37.3 Å². The molecule has 0 unspecified atom stereocenters. The number of amides is 1. The van der Waals surface area contributed by atoms with Gasteiger partial charge in [-0.15, -0.1) is 0 Å². The molecule has 3 rings (SSSR count). The lowest BCUT2D eigenvalue weighted by molar-refractivity contribution is -0.118. The summed E-state index contributed by atoms with van der Waals surface area (Å²) >= 11 is 0. The highest BCUT2D eigenvalue weighted by molar-refractivity contribution is 7.89. The first-order valence-electron chi connectivity index (χ1n) is 10.5. The van der Waals surface area contributed by atoms with Gasteiger partial charge in [-0.25, -0.2) is 13.1 Å². The van der Waals surface area contributed by atoms with Gasteiger partial charge in [-0.3, -0.25) is 4.79 Å². The molecule has 2 aliphatic heterocycles. The molecule has 1 aromatic rings. The van der Waals surface area contributed by atoms with Crippen LogP contribution >= 0.6 is 0 Å². The number of hydrogen-bond donors (Lipinski definition) is 1. The van der Waals surface area contributed by atoms with E-state index in [1.165, 1.54) is 6.42 Å². The van der Waals surface area contributed by atoms with Crippen LogP contribution in [0.1, 0.15) is 45.6 Å². The lowest BCUT2D eigenvalue weighted by Gasteiger charge is -2.34. The number of fused-ring (bicyclic) bond motifs is 1. The summed E-state index contributed by atoms with van der Waals surface area (Å²) in [4.78, 5) is 16.5. The van der Waals surface area contributed by atoms with E-state index < -0.39 is 10.0 Å². The van der Waals surface area contributed by atoms with Crippen LogP contribution in [-0.2, 0) is 21.2 Å². The van der Waals surface area contributed by atoms with Gasteiger partial charge in [0.2, 0.25) is 15.9 Å². The van der Waals surface area contributed by atoms with Gasteiger partial charge in [-0.1, -0.05) is 20.8 Å². The molecule has 1 fully saturated rings. The fourth-order valence-electron chi connectivity index (χ4n) is 4.56. The average molecular weight is 408 g/mol. The van der Waals surface area contributed by atoms with Crippen molar-refractivity contribution in [3.8, 4) is 0 Å². The third-order valence-electron chi connectivity index (χ3n) is 5.75. The maximum atomic E-state index is 12.7. The molecule has 0 bridgehead atoms. The number of nitrogens with zero attached hydrogens (tertiary/aromatic N) is 2. The Morgan fingerprint density at radius 1 is 1.21 bits per heavy atom. The highest BCUT2D eigenvalue weighted by atomic mass is 32.2. The van der Waals surface area contributed by atoms with Crippen LogP contribution in [-0.4, -0.2) is 51.9 Å². The normalized spacial score (nSPS) is 23.0. The van der Waals surface area contributed by atoms with Gasteiger partial charge in [0.05, 0.1) is 4.90 Å². The lowest BCUT2D eigenvalue weighted by atomic mass is 9.92. The van der Waals surface area contributed by atoms with Gasteiger partial charge >= 0.3 is 0 Å². The van der Waals surface area contributed by atoms with E-state index in [-0.39, 0.29) is 10.8 Å². The molecule has 7 heteroatoms. The number of carbonyl (C=O) groups excluding carboxylic acids is 1. The Morgan fingerprint density at radius 2 is 1.93 bits per heavy atom. The van der Waals surface area contributed by atoms with Crippen LogP contribution in [0.2, 0.25) is 0 Å². The van der Waals surface area contributed by atoms with Crippen LogP contribution in [0, 0.1) is 11.8 Å². The minimum atomic E-state index is -3.52. The Hall–Kier alpha value is -1.44. The van der Waals surface area contributed by atoms with Gasteiger partial charge in [0, 0.05) is 38.3 Å². The monoisotopic (exact) mass is 407 g/mol. The minimum Gasteiger partial charge on any atom is -0.312 e. The molecular weight excluding hydrogens is 374 g/mol. The van der Waals surface area contributed by atoms with Crippen LogP contribution in [0.3, 0.4) is 0 Å². The fourth-order valence-corrected chi connectivity index (χ4v) is 5.69. The van der Waals surface area contributed by atoms with Crippen LogP contribution in [0.5, 0.6) is 0 Å². The lowest BCUT2D eigenvalue weighted by Crippen LogP contribution is -2.40. The Bertz CT molecular complexity index is 799. The molecule has 0 radical (unpaired) electrons. The van der Waals surface area contributed by atoms with Gasteiger partial charge in [-0.05, 0) is 61.4 Å². The molecule has 1 N–H and O–H groups in total. The molecule has 28 heavy (non-hydrogen) atoms. The zero-order valence-corrected chi connectivity index (χ0v) is 18.1. The van der Waals surface area contributed by atoms with Crippen molar-refractivity contribution < 1.29 is 13.2 Å². The number of likely N-dealkylation sites (tertiary alicyclic amines) is 1. The van der Waals surface area contributed by atoms with E-state index in [1.807, 2.05) is 6.92 Å². The standard InChI is InChI=1S/C21H33N3O3S/c1-4-21(25)24-11-8-18-13-19(6-7-20(18)24)28(26,27)22-9-5-10-23-14-16(2)12-17(3)15-23/h6-7,13,16-17,22H,4-5,8-12,14-15H2,1-3H3/t16-,17-/m1/s1. The summed E-state index contributed by atoms with van der Waals surface area (Å²) in [5.41, 5.74) is 1.78. The third kappa shape index (κ3) is 4.93. The van der Waals surface area contributed by atoms with Crippen molar-refractivity contribution in [1.29, 1.82) is 0 Å². The Kier molecular flexibility index (Phi) is 6.78. The topological polar surface area (TPSA) is 69.7 Å². The summed E-state index contributed by atoms with van der Waals surface area (Å²) in [5, 5.41) is 0. The SMILES string of the molecule is CCC(=O)N1CCc2cc(S(=O)(=O)NCCCN3C[C@H](C)C[C@@H](C)C3)ccc21. The van der Waals surface area contributed by atoms with Crippen molar-refractivity contribution in [3.63, 3.8) is 0 Å². The van der Waals surface area contributed by atoms with Crippen molar-refractivity contribution >= 4 is 21.6 Å². The van der Waals surface area contributed by atoms with Gasteiger partial charge in [-0.2, -0.15) is 0 Å². The number of anilines is 1. The number of sulfonamides is 1. The quantitative estimate of drug-likeness (QED) is 0.706. The molecule has 0 spiro atoms. The maximum absolute atomic E-state index is 12.7. The highest BCUT2D eigenvalue weighted by Crippen LogP contribution is 2.30. The molecule has 1 saturated heterocycles. The van der Waals surface area contributed by atoms with E-state index >= 15 is 0 Å². The third-order valence-corrected chi connectivity index (χ3v) is 7.21. The zero-order chi connectivity index (χ0) is 20.3. The van der Waals surface area contributed by atoms with E-state index in [1.54, 1.807) is 23.1 Å². The molecular formula is C21H33N3O3S. The van der Waals surface area contributed by atoms with Gasteiger partial charge in [0.25, 0.3) is 0 Å². The second kappa shape index (κ2) is 8.93. The maximum Gasteiger partial charge on any atom is 0.240 e. The first-order valence-corrected chi connectivity index (χ1v) is 11.9. The summed E-state index contributed by atoms with van der Waals surface area (Å²) in [6, 6.07) is 5.09. The Labute approximate surface area is 169 Å². The van der Waals surface area contributed by atoms with E-state index in [9.17, 15) is 13.2 Å². The molecule has 0 aromatic heterocycles. The first-order chi connectivity index (χ1) is 13.3. The predicted molar refractivity (Wildman–Crippen MR) is 112 cm³/mol. The first kappa shape index (κ1) is 21.3. The number of rotatable bonds is 7. The van der Waals surface area contributed by atoms with Crippen molar-refractivity contribution in [2.24, 2.45) is 11.8 Å². The Balaban J connectivity index is 1.54. The van der Waals surface area contributed by atoms with Crippen molar-refractivity contribution in [2.45, 2.75) is 51.3 Å². The predicted octanol–water partition coefficient (Wildman–Crippen LogP) is 2.63. The number of hydrogen-bond acceptors (Lipinski definition) is 4. The molecule has 2 atom stereocenters. The minimum absolute atomic E-state index is 0.0776. The summed E-state index contributed by atoms with van der Waals surface area (Å²) in [7, 11) is -3.52. The number of benzene rings is 1. The van der Waals surface area contributed by atoms with E-state index in [0.29, 0.717) is 37.8 Å². The highest BCUT2D eigenvalue weighted by Gasteiger charge is 2.26. The summed E-state index contributed by atoms with van der Waals surface area (Å²) in [5.74, 6) is 1.51. The number of piperidine rings is 1. The van der Waals surface area contributed by atoms with E-state index in [2.05, 4.69) is 23.5 Å². The molecule has 0 saturated carbocycles. The second-order valence-corrected chi connectivity index (χ2v) is 10.2. The van der Waals surface area contributed by atoms with Gasteiger partial charge in [0.1, 0.15) is 0 Å². The van der Waals surface area contributed by atoms with Crippen LogP contribution in [0.4, 0.5) is 5.69 Å². The van der Waals surface area contributed by atoms with Crippen molar-refractivity contribution in [2.75, 3.05) is 37.6 Å². The average Bonchev–Trinajstić information content (AvgIpc) is 3.07. The molecule has 6 nitrogen and oxygen atoms in total. The van der Waals surface area contributed by atoms with Crippen LogP contribution in [0.25, 0.3) is 0 Å². The largest absolute Gasteiger partial charge is 0.312 e. The van der Waals surface area contributed by atoms with E-state index in [4.69, 9.17) is 0 Å². The Morgan fingerprint density at radius 3 is 2.61 bits per heavy atom. The van der Waals surface area contributed by atoms with Gasteiger partial charge < -0.3 is 9.80 Å². The molecule has 2 heterocycles. The summed E-state index contributed by atoms with van der Waals surface area (Å²) in [6.07, 6.45) is 3.25. The number of nitrogens with one attached hydrogen (secondary N) is 1. The number of carbonyl (C=O) groups is 1. The second-order valence-electron chi connectivity index (χ2n) is 8.40. The molecule has 1 aromatic carbocycles. The van der Waals surface area contributed by atoms with Gasteiger partial charge in [0.15, 0.2) is 0 Å². The molecule has 2 aliphatic rings. The molecule has 1 amide bonds. The smallest absolute Gasteiger partial charge is 0.240 e. The summed E-state index contributed by atoms with van der Waals surface area (Å²) < 4.78 is 28.0. The molecule has 0 aliphatic carbocycles. The van der Waals surface area contributed by atoms with Crippen molar-refractivity contribution in [1.82, 2.24) is 9.62 Å². The van der Waals surface area contributed by atoms with Crippen LogP contribution < -0.4 is 9.62 Å². The fraction of sp³-hybridized carbons (Fsp3) is 0.667.